The van der Waals surface area contributed by atoms with Gasteiger partial charge in [0.1, 0.15) is 5.82 Å². The van der Waals surface area contributed by atoms with E-state index in [1.165, 1.54) is 29.9 Å². The number of nitrogens with zero attached hydrogens (tertiary/aromatic N) is 4. The number of carbonyl (C=O) groups is 1. The normalized spacial score (nSPS) is 15.1. The van der Waals surface area contributed by atoms with Crippen molar-refractivity contribution in [3.05, 3.63) is 81.9 Å². The third-order valence-corrected chi connectivity index (χ3v) is 6.05. The van der Waals surface area contributed by atoms with Gasteiger partial charge in [0.15, 0.2) is 11.6 Å². The number of amides is 1. The molecule has 5 rings (SSSR count). The van der Waals surface area contributed by atoms with Crippen LogP contribution in [-0.4, -0.2) is 27.6 Å². The zero-order valence-corrected chi connectivity index (χ0v) is 19.0. The zero-order chi connectivity index (χ0) is 24.7. The Hall–Kier alpha value is -4.58. The molecule has 1 atom stereocenters. The van der Waals surface area contributed by atoms with E-state index in [0.29, 0.717) is 23.1 Å². The minimum Gasteiger partial charge on any atom is -0.494 e. The highest BCUT2D eigenvalue weighted by Gasteiger charge is 2.29. The summed E-state index contributed by atoms with van der Waals surface area (Å²) < 4.78 is 20.9. The van der Waals surface area contributed by atoms with Crippen LogP contribution in [0.5, 0.6) is 5.75 Å². The van der Waals surface area contributed by atoms with Crippen molar-refractivity contribution in [3.8, 4) is 28.6 Å². The molecule has 174 valence electrons. The number of rotatable bonds is 4. The minimum atomic E-state index is -0.643. The van der Waals surface area contributed by atoms with Gasteiger partial charge < -0.3 is 10.1 Å². The number of hydrogen-bond acceptors (Lipinski definition) is 6. The third kappa shape index (κ3) is 3.89. The molecule has 35 heavy (non-hydrogen) atoms. The highest BCUT2D eigenvalue weighted by molar-refractivity contribution is 5.94. The van der Waals surface area contributed by atoms with Crippen LogP contribution in [0.15, 0.2) is 53.5 Å². The van der Waals surface area contributed by atoms with Gasteiger partial charge in [-0.3, -0.25) is 19.1 Å². The van der Waals surface area contributed by atoms with Crippen LogP contribution in [0.2, 0.25) is 0 Å². The standard InChI is InChI=1S/C26H20FN5O3/c1-14-3-4-16(13-29-14)18-9-15(12-28)10-19-24(18)31-25(21-6-8-23(33)30-21)32(26(19)34)17-5-7-22(35-2)20(27)11-17/h3-5,7,9-11,13,21H,6,8H2,1-2H3,(H,30,33). The number of nitriles is 1. The summed E-state index contributed by atoms with van der Waals surface area (Å²) >= 11 is 0. The van der Waals surface area contributed by atoms with Crippen LogP contribution >= 0.6 is 0 Å². The molecule has 3 heterocycles. The van der Waals surface area contributed by atoms with Crippen molar-refractivity contribution in [2.45, 2.75) is 25.8 Å². The number of aryl methyl sites for hydroxylation is 1. The second kappa shape index (κ2) is 8.65. The van der Waals surface area contributed by atoms with Crippen molar-refractivity contribution in [1.82, 2.24) is 19.9 Å². The fraction of sp³-hybridized carbons (Fsp3) is 0.192. The predicted octanol–water partition coefficient (Wildman–Crippen LogP) is 3.73. The fourth-order valence-electron chi connectivity index (χ4n) is 4.30. The summed E-state index contributed by atoms with van der Waals surface area (Å²) in [5.41, 5.74) is 2.50. The molecule has 0 radical (unpaired) electrons. The SMILES string of the molecule is COc1ccc(-n2c(C3CCC(=O)N3)nc3c(-c4ccc(C)nc4)cc(C#N)cc3c2=O)cc1F. The number of aromatic nitrogens is 3. The fourth-order valence-corrected chi connectivity index (χ4v) is 4.30. The lowest BCUT2D eigenvalue weighted by Gasteiger charge is -2.19. The third-order valence-electron chi connectivity index (χ3n) is 6.05. The number of ether oxygens (including phenoxy) is 1. The molecule has 0 spiro atoms. The van der Waals surface area contributed by atoms with E-state index < -0.39 is 17.4 Å². The van der Waals surface area contributed by atoms with Gasteiger partial charge in [-0.15, -0.1) is 0 Å². The molecule has 1 fully saturated rings. The first kappa shape index (κ1) is 22.2. The van der Waals surface area contributed by atoms with Crippen LogP contribution in [0.3, 0.4) is 0 Å². The van der Waals surface area contributed by atoms with Crippen molar-refractivity contribution in [3.63, 3.8) is 0 Å². The Balaban J connectivity index is 1.86. The predicted molar refractivity (Wildman–Crippen MR) is 127 cm³/mol. The Morgan fingerprint density at radius 3 is 2.66 bits per heavy atom. The number of halogens is 1. The van der Waals surface area contributed by atoms with Crippen molar-refractivity contribution >= 4 is 16.8 Å². The van der Waals surface area contributed by atoms with Gasteiger partial charge in [0.25, 0.3) is 5.56 Å². The lowest BCUT2D eigenvalue weighted by molar-refractivity contribution is -0.119. The largest absolute Gasteiger partial charge is 0.494 e. The lowest BCUT2D eigenvalue weighted by Crippen LogP contribution is -2.30. The maximum Gasteiger partial charge on any atom is 0.266 e. The van der Waals surface area contributed by atoms with Crippen molar-refractivity contribution < 1.29 is 13.9 Å². The molecule has 2 aromatic heterocycles. The van der Waals surface area contributed by atoms with Crippen molar-refractivity contribution in [2.75, 3.05) is 7.11 Å². The molecule has 1 amide bonds. The molecular formula is C26H20FN5O3. The topological polar surface area (TPSA) is 110 Å². The molecule has 1 saturated heterocycles. The van der Waals surface area contributed by atoms with Gasteiger partial charge in [-0.05, 0) is 43.7 Å². The number of fused-ring (bicyclic) bond motifs is 1. The molecule has 8 nitrogen and oxygen atoms in total. The highest BCUT2D eigenvalue weighted by Crippen LogP contribution is 2.31. The van der Waals surface area contributed by atoms with Crippen molar-refractivity contribution in [1.29, 1.82) is 5.26 Å². The summed E-state index contributed by atoms with van der Waals surface area (Å²) in [4.78, 5) is 35.1. The quantitative estimate of drug-likeness (QED) is 0.488. The van der Waals surface area contributed by atoms with E-state index in [4.69, 9.17) is 9.72 Å². The summed E-state index contributed by atoms with van der Waals surface area (Å²) in [6.45, 7) is 1.86. The maximum atomic E-state index is 14.6. The molecule has 1 N–H and O–H groups in total. The van der Waals surface area contributed by atoms with Gasteiger partial charge in [-0.1, -0.05) is 6.07 Å². The molecule has 0 saturated carbocycles. The second-order valence-electron chi connectivity index (χ2n) is 8.31. The van der Waals surface area contributed by atoms with E-state index >= 15 is 0 Å². The van der Waals surface area contributed by atoms with Gasteiger partial charge in [-0.2, -0.15) is 5.26 Å². The van der Waals surface area contributed by atoms with Gasteiger partial charge >= 0.3 is 0 Å². The summed E-state index contributed by atoms with van der Waals surface area (Å²) in [5, 5.41) is 12.7. The number of carbonyl (C=O) groups excluding carboxylic acids is 1. The molecule has 1 aliphatic heterocycles. The van der Waals surface area contributed by atoms with Crippen LogP contribution in [0.1, 0.15) is 36.0 Å². The molecule has 0 aliphatic carbocycles. The maximum absolute atomic E-state index is 14.6. The first-order valence-electron chi connectivity index (χ1n) is 11.0. The van der Waals surface area contributed by atoms with E-state index in [2.05, 4.69) is 16.4 Å². The number of methoxy groups -OCH3 is 1. The summed E-state index contributed by atoms with van der Waals surface area (Å²) in [7, 11) is 1.35. The van der Waals surface area contributed by atoms with E-state index in [1.807, 2.05) is 19.1 Å². The van der Waals surface area contributed by atoms with Gasteiger partial charge in [-0.25, -0.2) is 9.37 Å². The average molecular weight is 469 g/mol. The molecule has 9 heteroatoms. The van der Waals surface area contributed by atoms with Gasteiger partial charge in [0, 0.05) is 35.5 Å². The van der Waals surface area contributed by atoms with Crippen LogP contribution in [0, 0.1) is 24.1 Å². The van der Waals surface area contributed by atoms with E-state index in [1.54, 1.807) is 18.3 Å². The van der Waals surface area contributed by atoms with Gasteiger partial charge in [0.05, 0.1) is 41.4 Å². The van der Waals surface area contributed by atoms with Crippen LogP contribution in [0.25, 0.3) is 27.7 Å². The van der Waals surface area contributed by atoms with E-state index in [0.717, 1.165) is 5.69 Å². The number of hydrogen-bond donors (Lipinski definition) is 1. The molecule has 2 aromatic carbocycles. The molecule has 0 bridgehead atoms. The first-order chi connectivity index (χ1) is 16.9. The van der Waals surface area contributed by atoms with Crippen LogP contribution in [0.4, 0.5) is 4.39 Å². The number of pyridine rings is 1. The lowest BCUT2D eigenvalue weighted by atomic mass is 10.00. The monoisotopic (exact) mass is 469 g/mol. The summed E-state index contributed by atoms with van der Waals surface area (Å²) in [6.07, 6.45) is 2.39. The van der Waals surface area contributed by atoms with E-state index in [-0.39, 0.29) is 40.5 Å². The minimum absolute atomic E-state index is 0.0344. The number of nitrogens with one attached hydrogen (secondary N) is 1. The molecule has 4 aromatic rings. The molecular weight excluding hydrogens is 449 g/mol. The number of benzene rings is 2. The Labute approximate surface area is 199 Å². The molecule has 1 unspecified atom stereocenters. The Kier molecular flexibility index (Phi) is 5.49. The van der Waals surface area contributed by atoms with Crippen molar-refractivity contribution in [2.24, 2.45) is 0 Å². The molecule has 1 aliphatic rings. The Morgan fingerprint density at radius 2 is 2.03 bits per heavy atom. The summed E-state index contributed by atoms with van der Waals surface area (Å²) in [6, 6.07) is 12.5. The Bertz CT molecular complexity index is 1590. The smallest absolute Gasteiger partial charge is 0.266 e. The Morgan fingerprint density at radius 1 is 1.20 bits per heavy atom. The van der Waals surface area contributed by atoms with E-state index in [9.17, 15) is 19.2 Å². The first-order valence-corrected chi connectivity index (χ1v) is 11.0. The average Bonchev–Trinajstić information content (AvgIpc) is 3.30. The van der Waals surface area contributed by atoms with Crippen LogP contribution in [-0.2, 0) is 4.79 Å². The van der Waals surface area contributed by atoms with Gasteiger partial charge in [0.2, 0.25) is 5.91 Å². The van der Waals surface area contributed by atoms with Crippen LogP contribution < -0.4 is 15.6 Å². The highest BCUT2D eigenvalue weighted by atomic mass is 19.1. The zero-order valence-electron chi connectivity index (χ0n) is 19.0. The summed E-state index contributed by atoms with van der Waals surface area (Å²) in [5.74, 6) is -0.480. The second-order valence-corrected chi connectivity index (χ2v) is 8.31.